The normalized spacial score (nSPS) is 17.6. The van der Waals surface area contributed by atoms with Gasteiger partial charge in [-0.15, -0.1) is 0 Å². The SMILES string of the molecule is [B]B=Nc1ccc2c(c1)NCC2(C)C. The number of nitrogens with one attached hydrogen (secondary N) is 1. The summed E-state index contributed by atoms with van der Waals surface area (Å²) in [6, 6.07) is 6.15. The molecule has 0 unspecified atom stereocenters. The average Bonchev–Trinajstić information content (AvgIpc) is 2.43. The minimum atomic E-state index is 0.223. The minimum absolute atomic E-state index is 0.223. The van der Waals surface area contributed by atoms with Crippen LogP contribution < -0.4 is 5.32 Å². The van der Waals surface area contributed by atoms with Gasteiger partial charge in [0.25, 0.3) is 0 Å². The molecule has 0 spiro atoms. The van der Waals surface area contributed by atoms with E-state index in [1.54, 1.807) is 0 Å². The molecule has 1 aromatic rings. The van der Waals surface area contributed by atoms with E-state index in [4.69, 9.17) is 7.74 Å². The molecule has 1 heterocycles. The molecule has 2 nitrogen and oxygen atoms in total. The van der Waals surface area contributed by atoms with E-state index < -0.39 is 0 Å². The van der Waals surface area contributed by atoms with E-state index in [0.717, 1.165) is 12.2 Å². The Labute approximate surface area is 86.5 Å². The Morgan fingerprint density at radius 2 is 2.29 bits per heavy atom. The zero-order valence-corrected chi connectivity index (χ0v) is 8.54. The van der Waals surface area contributed by atoms with Crippen LogP contribution >= 0.6 is 0 Å². The second-order valence-electron chi connectivity index (χ2n) is 4.25. The van der Waals surface area contributed by atoms with Gasteiger partial charge in [0.15, 0.2) is 0 Å². The van der Waals surface area contributed by atoms with Crippen LogP contribution in [0.25, 0.3) is 0 Å². The summed E-state index contributed by atoms with van der Waals surface area (Å²) < 4.78 is 0. The molecule has 0 saturated heterocycles. The van der Waals surface area contributed by atoms with Gasteiger partial charge < -0.3 is 0 Å². The summed E-state index contributed by atoms with van der Waals surface area (Å²) in [6.07, 6.45) is 0. The third-order valence-corrected chi connectivity index (χ3v) is 2.68. The van der Waals surface area contributed by atoms with Crippen LogP contribution in [0.3, 0.4) is 0 Å². The van der Waals surface area contributed by atoms with E-state index in [1.807, 2.05) is 12.1 Å². The van der Waals surface area contributed by atoms with Crippen LogP contribution in [-0.4, -0.2) is 21.2 Å². The van der Waals surface area contributed by atoms with Crippen molar-refractivity contribution in [3.05, 3.63) is 23.8 Å². The molecule has 4 heteroatoms. The number of hydrogen-bond donors (Lipinski definition) is 1. The first kappa shape index (κ1) is 9.50. The molecule has 68 valence electrons. The van der Waals surface area contributed by atoms with Crippen molar-refractivity contribution in [2.75, 3.05) is 11.9 Å². The average molecular weight is 182 g/mol. The van der Waals surface area contributed by atoms with Gasteiger partial charge in [-0.3, -0.25) is 0 Å². The quantitative estimate of drug-likeness (QED) is 0.659. The fraction of sp³-hybridized carbons (Fsp3) is 0.400. The Morgan fingerprint density at radius 1 is 1.50 bits per heavy atom. The van der Waals surface area contributed by atoms with E-state index in [2.05, 4.69) is 30.1 Å². The Balaban J connectivity index is 2.44. The van der Waals surface area contributed by atoms with E-state index in [9.17, 15) is 0 Å². The van der Waals surface area contributed by atoms with Gasteiger partial charge in [0, 0.05) is 0 Å². The summed E-state index contributed by atoms with van der Waals surface area (Å²) in [6.45, 7) is 6.77. The first-order valence-electron chi connectivity index (χ1n) is 4.76. The Bertz CT molecular complexity index is 386. The summed E-state index contributed by atoms with van der Waals surface area (Å²) in [5.41, 5.74) is 3.66. The second kappa shape index (κ2) is 3.26. The van der Waals surface area contributed by atoms with Crippen LogP contribution in [0.1, 0.15) is 19.4 Å². The van der Waals surface area contributed by atoms with E-state index >= 15 is 0 Å². The van der Waals surface area contributed by atoms with E-state index in [-0.39, 0.29) is 5.41 Å². The maximum absolute atomic E-state index is 5.25. The molecule has 2 radical (unpaired) electrons. The van der Waals surface area contributed by atoms with Gasteiger partial charge in [0.1, 0.15) is 0 Å². The van der Waals surface area contributed by atoms with Gasteiger partial charge in [0.05, 0.1) is 0 Å². The van der Waals surface area contributed by atoms with Crippen molar-refractivity contribution < 1.29 is 0 Å². The van der Waals surface area contributed by atoms with Crippen molar-refractivity contribution in [2.24, 2.45) is 4.90 Å². The molecule has 0 bridgehead atoms. The molecule has 1 aliphatic rings. The van der Waals surface area contributed by atoms with Crippen molar-refractivity contribution >= 4 is 26.1 Å². The van der Waals surface area contributed by atoms with Crippen LogP contribution in [0, 0.1) is 0 Å². The van der Waals surface area contributed by atoms with Gasteiger partial charge in [-0.05, 0) is 0 Å². The molecular formula is C10H12B2N2. The van der Waals surface area contributed by atoms with Crippen LogP contribution in [0.5, 0.6) is 0 Å². The van der Waals surface area contributed by atoms with Crippen LogP contribution in [0.2, 0.25) is 0 Å². The molecule has 14 heavy (non-hydrogen) atoms. The summed E-state index contributed by atoms with van der Waals surface area (Å²) in [4.78, 5) is 4.04. The molecule has 1 N–H and O–H groups in total. The van der Waals surface area contributed by atoms with Gasteiger partial charge in [-0.2, -0.15) is 0 Å². The van der Waals surface area contributed by atoms with E-state index in [1.165, 1.54) is 18.2 Å². The number of benzene rings is 1. The monoisotopic (exact) mass is 182 g/mol. The predicted molar refractivity (Wildman–Crippen MR) is 61.6 cm³/mol. The Kier molecular flexibility index (Phi) is 2.22. The fourth-order valence-corrected chi connectivity index (χ4v) is 1.85. The Hall–Kier alpha value is -1.05. The van der Waals surface area contributed by atoms with Crippen LogP contribution in [0.15, 0.2) is 23.1 Å². The number of fused-ring (bicyclic) bond motifs is 1. The first-order valence-corrected chi connectivity index (χ1v) is 4.76. The van der Waals surface area contributed by atoms with Gasteiger partial charge in [-0.1, -0.05) is 0 Å². The molecular weight excluding hydrogens is 170 g/mol. The zero-order valence-electron chi connectivity index (χ0n) is 8.54. The zero-order chi connectivity index (χ0) is 10.2. The fourth-order valence-electron chi connectivity index (χ4n) is 1.85. The second-order valence-corrected chi connectivity index (χ2v) is 4.25. The molecule has 1 aliphatic heterocycles. The Morgan fingerprint density at radius 3 is 3.00 bits per heavy atom. The van der Waals surface area contributed by atoms with Gasteiger partial charge in [-0.25, -0.2) is 0 Å². The van der Waals surface area contributed by atoms with Crippen molar-refractivity contribution in [1.82, 2.24) is 0 Å². The number of hydrogen-bond acceptors (Lipinski definition) is 2. The van der Waals surface area contributed by atoms with Gasteiger partial charge in [0.2, 0.25) is 0 Å². The number of anilines is 1. The predicted octanol–water partition coefficient (Wildman–Crippen LogP) is 1.99. The molecule has 0 atom stereocenters. The molecule has 1 aromatic carbocycles. The van der Waals surface area contributed by atoms with Crippen LogP contribution in [-0.2, 0) is 5.41 Å². The molecule has 0 saturated carbocycles. The van der Waals surface area contributed by atoms with Crippen LogP contribution in [0.4, 0.5) is 11.4 Å². The molecule has 0 aromatic heterocycles. The van der Waals surface area contributed by atoms with Gasteiger partial charge >= 0.3 is 85.9 Å². The molecule has 0 aliphatic carbocycles. The standard InChI is InChI=1S/C10H12B2N2/c1-10(2)6-13-9-5-7(14-12-11)3-4-8(9)10/h3-5,13H,6H2,1-2H3. The van der Waals surface area contributed by atoms with Crippen molar-refractivity contribution in [3.63, 3.8) is 0 Å². The third kappa shape index (κ3) is 1.49. The number of rotatable bonds is 1. The van der Waals surface area contributed by atoms with E-state index in [0.29, 0.717) is 0 Å². The third-order valence-electron chi connectivity index (χ3n) is 2.68. The van der Waals surface area contributed by atoms with Crippen molar-refractivity contribution in [3.8, 4) is 0 Å². The molecule has 2 rings (SSSR count). The molecule has 0 amide bonds. The maximum atomic E-state index is 5.25. The summed E-state index contributed by atoms with van der Waals surface area (Å²) >= 11 is 0. The first-order chi connectivity index (χ1) is 6.63. The summed E-state index contributed by atoms with van der Waals surface area (Å²) in [7, 11) is 5.25. The summed E-state index contributed by atoms with van der Waals surface area (Å²) in [5, 5.41) is 3.37. The summed E-state index contributed by atoms with van der Waals surface area (Å²) in [5.74, 6) is 0. The molecule has 0 fully saturated rings. The van der Waals surface area contributed by atoms with Crippen molar-refractivity contribution in [1.29, 1.82) is 0 Å². The van der Waals surface area contributed by atoms with Crippen molar-refractivity contribution in [2.45, 2.75) is 19.3 Å². The number of nitrogens with zero attached hydrogens (tertiary/aromatic N) is 1. The topological polar surface area (TPSA) is 24.4 Å².